The maximum Gasteiger partial charge on any atom is 0.282 e. The number of nitro groups is 1. The van der Waals surface area contributed by atoms with Gasteiger partial charge in [0, 0.05) is 34.3 Å². The number of H-pyrrole nitrogens is 1. The third kappa shape index (κ3) is 2.14. The minimum Gasteiger partial charge on any atom is -0.360 e. The SMILES string of the molecule is O=c1c2c[nH]c3ccc([N+](=O)[O-])cc3c-2nn1-c1ccc(Cl)cc1. The van der Waals surface area contributed by atoms with Crippen molar-refractivity contribution in [1.29, 1.82) is 0 Å². The van der Waals surface area contributed by atoms with Crippen molar-refractivity contribution in [2.24, 2.45) is 0 Å². The summed E-state index contributed by atoms with van der Waals surface area (Å²) >= 11 is 5.87. The molecule has 0 aromatic heterocycles. The third-order valence-electron chi connectivity index (χ3n) is 3.79. The fourth-order valence-electron chi connectivity index (χ4n) is 2.62. The summed E-state index contributed by atoms with van der Waals surface area (Å²) in [6.07, 6.45) is 1.56. The normalized spacial score (nSPS) is 11.2. The number of rotatable bonds is 2. The van der Waals surface area contributed by atoms with Gasteiger partial charge in [-0.3, -0.25) is 14.9 Å². The first-order chi connectivity index (χ1) is 11.5. The van der Waals surface area contributed by atoms with E-state index < -0.39 is 4.92 Å². The molecule has 8 heteroatoms. The van der Waals surface area contributed by atoms with Gasteiger partial charge in [0.2, 0.25) is 0 Å². The van der Waals surface area contributed by atoms with E-state index >= 15 is 0 Å². The Morgan fingerprint density at radius 1 is 1.17 bits per heavy atom. The lowest BCUT2D eigenvalue weighted by Gasteiger charge is -2.02. The van der Waals surface area contributed by atoms with Gasteiger partial charge < -0.3 is 4.98 Å². The average molecular weight is 341 g/mol. The highest BCUT2D eigenvalue weighted by molar-refractivity contribution is 6.30. The van der Waals surface area contributed by atoms with Crippen LogP contribution in [-0.2, 0) is 0 Å². The molecule has 2 aliphatic heterocycles. The van der Waals surface area contributed by atoms with Crippen molar-refractivity contribution in [3.05, 3.63) is 74.2 Å². The van der Waals surface area contributed by atoms with Crippen LogP contribution in [0.2, 0.25) is 5.02 Å². The van der Waals surface area contributed by atoms with Crippen molar-refractivity contribution in [3.8, 4) is 16.9 Å². The van der Waals surface area contributed by atoms with E-state index in [0.717, 1.165) is 0 Å². The summed E-state index contributed by atoms with van der Waals surface area (Å²) in [7, 11) is 0. The smallest absolute Gasteiger partial charge is 0.282 e. The lowest BCUT2D eigenvalue weighted by Crippen LogP contribution is -2.14. The molecule has 2 aromatic rings. The molecule has 0 bridgehead atoms. The minimum absolute atomic E-state index is 0.0584. The van der Waals surface area contributed by atoms with Crippen LogP contribution in [0.1, 0.15) is 0 Å². The number of aromatic amines is 1. The van der Waals surface area contributed by atoms with Crippen molar-refractivity contribution in [2.45, 2.75) is 0 Å². The summed E-state index contributed by atoms with van der Waals surface area (Å²) < 4.78 is 1.26. The second-order valence-electron chi connectivity index (χ2n) is 5.23. The fraction of sp³-hybridized carbons (Fsp3) is 0. The molecule has 118 valence electrons. The van der Waals surface area contributed by atoms with E-state index in [1.54, 1.807) is 36.5 Å². The van der Waals surface area contributed by atoms with Crippen LogP contribution in [0.3, 0.4) is 0 Å². The standard InChI is InChI=1S/C16H9ClN4O3/c17-9-1-3-10(4-2-9)20-16(22)13-8-18-14-6-5-11(21(23)24)7-12(14)15(13)19-20/h1-8,18H. The first-order valence-corrected chi connectivity index (χ1v) is 7.37. The second-order valence-corrected chi connectivity index (χ2v) is 5.67. The van der Waals surface area contributed by atoms with Crippen molar-refractivity contribution >= 4 is 28.2 Å². The highest BCUT2D eigenvalue weighted by atomic mass is 35.5. The summed E-state index contributed by atoms with van der Waals surface area (Å²) in [6, 6.07) is 11.1. The molecular weight excluding hydrogens is 332 g/mol. The number of aromatic nitrogens is 3. The zero-order valence-corrected chi connectivity index (χ0v) is 12.8. The Hall–Kier alpha value is -3.19. The van der Waals surface area contributed by atoms with Crippen LogP contribution in [0.25, 0.3) is 27.8 Å². The quantitative estimate of drug-likeness (QED) is 0.447. The fourth-order valence-corrected chi connectivity index (χ4v) is 2.74. The predicted octanol–water partition coefficient (Wildman–Crippen LogP) is 3.38. The van der Waals surface area contributed by atoms with Gasteiger partial charge >= 0.3 is 0 Å². The van der Waals surface area contributed by atoms with Gasteiger partial charge in [-0.25, -0.2) is 0 Å². The van der Waals surface area contributed by atoms with E-state index in [9.17, 15) is 14.9 Å². The predicted molar refractivity (Wildman–Crippen MR) is 90.0 cm³/mol. The molecule has 0 atom stereocenters. The number of nitro benzene ring substituents is 1. The number of pyridine rings is 1. The van der Waals surface area contributed by atoms with E-state index in [1.165, 1.54) is 16.8 Å². The van der Waals surface area contributed by atoms with Crippen LogP contribution in [-0.4, -0.2) is 19.7 Å². The molecule has 4 rings (SSSR count). The number of hydrogen-bond acceptors (Lipinski definition) is 4. The van der Waals surface area contributed by atoms with Crippen LogP contribution in [0.5, 0.6) is 0 Å². The monoisotopic (exact) mass is 340 g/mol. The Morgan fingerprint density at radius 2 is 1.92 bits per heavy atom. The van der Waals surface area contributed by atoms with E-state index in [0.29, 0.717) is 32.9 Å². The molecule has 0 radical (unpaired) electrons. The maximum absolute atomic E-state index is 12.6. The van der Waals surface area contributed by atoms with Gasteiger partial charge in [-0.1, -0.05) is 11.6 Å². The van der Waals surface area contributed by atoms with Crippen molar-refractivity contribution in [2.75, 3.05) is 0 Å². The molecule has 2 aromatic carbocycles. The first-order valence-electron chi connectivity index (χ1n) is 6.99. The minimum atomic E-state index is -0.480. The van der Waals surface area contributed by atoms with E-state index in [-0.39, 0.29) is 11.2 Å². The summed E-state index contributed by atoms with van der Waals surface area (Å²) in [5.74, 6) is 0. The Labute approximate surface area is 139 Å². The number of fused-ring (bicyclic) bond motifs is 3. The first kappa shape index (κ1) is 14.4. The number of non-ortho nitro benzene ring substituents is 1. The number of nitrogens with zero attached hydrogens (tertiary/aromatic N) is 3. The number of nitrogens with one attached hydrogen (secondary N) is 1. The third-order valence-corrected chi connectivity index (χ3v) is 4.04. The molecule has 2 heterocycles. The van der Waals surface area contributed by atoms with Gasteiger partial charge in [-0.2, -0.15) is 9.78 Å². The Morgan fingerprint density at radius 3 is 2.62 bits per heavy atom. The molecule has 0 aliphatic carbocycles. The van der Waals surface area contributed by atoms with Gasteiger partial charge in [-0.15, -0.1) is 0 Å². The Balaban J connectivity index is 2.02. The van der Waals surface area contributed by atoms with Crippen LogP contribution in [0.15, 0.2) is 53.5 Å². The zero-order valence-electron chi connectivity index (χ0n) is 12.1. The lowest BCUT2D eigenvalue weighted by atomic mass is 10.1. The van der Waals surface area contributed by atoms with E-state index in [4.69, 9.17) is 11.6 Å². The van der Waals surface area contributed by atoms with Gasteiger partial charge in [0.05, 0.1) is 16.2 Å². The molecule has 0 saturated carbocycles. The van der Waals surface area contributed by atoms with Crippen LogP contribution in [0.4, 0.5) is 5.69 Å². The molecule has 0 saturated heterocycles. The molecule has 0 spiro atoms. The van der Waals surface area contributed by atoms with Crippen LogP contribution >= 0.6 is 11.6 Å². The average Bonchev–Trinajstić information content (AvgIpc) is 2.92. The van der Waals surface area contributed by atoms with Gasteiger partial charge in [0.1, 0.15) is 5.69 Å². The molecule has 0 fully saturated rings. The van der Waals surface area contributed by atoms with Gasteiger partial charge in [-0.05, 0) is 30.3 Å². The summed E-state index contributed by atoms with van der Waals surface area (Å²) in [5.41, 5.74) is 1.63. The molecule has 2 aliphatic rings. The zero-order chi connectivity index (χ0) is 16.8. The molecule has 24 heavy (non-hydrogen) atoms. The summed E-state index contributed by atoms with van der Waals surface area (Å²) in [5, 5.41) is 16.4. The largest absolute Gasteiger partial charge is 0.360 e. The van der Waals surface area contributed by atoms with E-state index in [1.807, 2.05) is 0 Å². The number of halogens is 1. The summed E-state index contributed by atoms with van der Waals surface area (Å²) in [6.45, 7) is 0. The molecular formula is C16H9ClN4O3. The molecule has 0 unspecified atom stereocenters. The topological polar surface area (TPSA) is 93.8 Å². The summed E-state index contributed by atoms with van der Waals surface area (Å²) in [4.78, 5) is 26.1. The number of hydrogen-bond donors (Lipinski definition) is 1. The highest BCUT2D eigenvalue weighted by Gasteiger charge is 2.20. The Kier molecular flexibility index (Phi) is 3.10. The lowest BCUT2D eigenvalue weighted by molar-refractivity contribution is -0.384. The van der Waals surface area contributed by atoms with Crippen molar-refractivity contribution < 1.29 is 4.92 Å². The molecule has 0 amide bonds. The second kappa shape index (κ2) is 5.17. The Bertz CT molecular complexity index is 1110. The van der Waals surface area contributed by atoms with Crippen molar-refractivity contribution in [3.63, 3.8) is 0 Å². The molecule has 1 N–H and O–H groups in total. The number of benzene rings is 2. The van der Waals surface area contributed by atoms with Crippen molar-refractivity contribution in [1.82, 2.24) is 14.8 Å². The highest BCUT2D eigenvalue weighted by Crippen LogP contribution is 2.29. The van der Waals surface area contributed by atoms with Crippen LogP contribution < -0.4 is 5.56 Å². The van der Waals surface area contributed by atoms with Gasteiger partial charge in [0.25, 0.3) is 11.2 Å². The van der Waals surface area contributed by atoms with Crippen LogP contribution in [0, 0.1) is 10.1 Å². The molecule has 7 nitrogen and oxygen atoms in total. The van der Waals surface area contributed by atoms with Gasteiger partial charge in [0.15, 0.2) is 0 Å². The van der Waals surface area contributed by atoms with E-state index in [2.05, 4.69) is 10.1 Å². The maximum atomic E-state index is 12.6.